The molecule has 2 rings (SSSR count). The molecule has 0 aliphatic heterocycles. The van der Waals surface area contributed by atoms with E-state index in [4.69, 9.17) is 21.7 Å². The van der Waals surface area contributed by atoms with Crippen molar-refractivity contribution in [2.45, 2.75) is 33.1 Å². The van der Waals surface area contributed by atoms with E-state index in [0.717, 1.165) is 23.7 Å². The van der Waals surface area contributed by atoms with E-state index in [0.29, 0.717) is 36.0 Å². The molecular weight excluding hydrogens is 440 g/mol. The van der Waals surface area contributed by atoms with E-state index in [1.165, 1.54) is 0 Å². The molecule has 0 atom stereocenters. The van der Waals surface area contributed by atoms with Crippen molar-refractivity contribution < 1.29 is 14.3 Å². The number of unbranched alkanes of at least 4 members (excludes halogenated alkanes) is 1. The number of benzene rings is 2. The molecule has 2 aromatic rings. The van der Waals surface area contributed by atoms with Gasteiger partial charge in [-0.2, -0.15) is 0 Å². The van der Waals surface area contributed by atoms with Crippen LogP contribution in [0.4, 0.5) is 5.69 Å². The highest BCUT2D eigenvalue weighted by molar-refractivity contribution is 9.10. The van der Waals surface area contributed by atoms with E-state index >= 15 is 0 Å². The van der Waals surface area contributed by atoms with Crippen molar-refractivity contribution >= 4 is 44.9 Å². The average Bonchev–Trinajstić information content (AvgIpc) is 2.68. The van der Waals surface area contributed by atoms with Crippen LogP contribution in [0.3, 0.4) is 0 Å². The van der Waals surface area contributed by atoms with Crippen LogP contribution in [0.1, 0.15) is 43.5 Å². The molecule has 2 N–H and O–H groups in total. The number of carbonyl (C=O) groups excluding carboxylic acids is 1. The fourth-order valence-electron chi connectivity index (χ4n) is 2.36. The Morgan fingerprint density at radius 1 is 1.04 bits per heavy atom. The monoisotopic (exact) mass is 464 g/mol. The zero-order chi connectivity index (χ0) is 20.4. The molecule has 28 heavy (non-hydrogen) atoms. The number of amides is 1. The summed E-state index contributed by atoms with van der Waals surface area (Å²) in [5, 5.41) is 5.94. The summed E-state index contributed by atoms with van der Waals surface area (Å²) >= 11 is 8.71. The summed E-state index contributed by atoms with van der Waals surface area (Å²) in [6.07, 6.45) is 2.88. The van der Waals surface area contributed by atoms with E-state index in [1.54, 1.807) is 12.1 Å². The predicted molar refractivity (Wildman–Crippen MR) is 120 cm³/mol. The first-order valence-corrected chi connectivity index (χ1v) is 10.5. The largest absolute Gasteiger partial charge is 0.493 e. The van der Waals surface area contributed by atoms with Crippen molar-refractivity contribution in [3.05, 3.63) is 52.5 Å². The van der Waals surface area contributed by atoms with Crippen molar-refractivity contribution in [1.82, 2.24) is 5.32 Å². The Balaban J connectivity index is 2.06. The molecule has 0 saturated carbocycles. The maximum atomic E-state index is 12.7. The first-order chi connectivity index (χ1) is 13.5. The van der Waals surface area contributed by atoms with E-state index in [1.807, 2.05) is 37.3 Å². The fraction of sp³-hybridized carbons (Fsp3) is 0.333. The molecule has 0 aliphatic rings. The topological polar surface area (TPSA) is 59.6 Å². The third-order valence-electron chi connectivity index (χ3n) is 3.77. The number of thiocarbonyl (C=S) groups is 1. The van der Waals surface area contributed by atoms with Crippen molar-refractivity contribution in [3.63, 3.8) is 0 Å². The van der Waals surface area contributed by atoms with Crippen LogP contribution < -0.4 is 20.1 Å². The fourth-order valence-corrected chi connectivity index (χ4v) is 2.93. The van der Waals surface area contributed by atoms with Crippen LogP contribution in [0.2, 0.25) is 0 Å². The molecule has 2 aromatic carbocycles. The number of ether oxygens (including phenoxy) is 2. The molecule has 1 amide bonds. The first kappa shape index (κ1) is 22.2. The number of hydrogen-bond acceptors (Lipinski definition) is 4. The molecule has 0 spiro atoms. The molecule has 7 heteroatoms. The van der Waals surface area contributed by atoms with Crippen LogP contribution in [0.15, 0.2) is 46.9 Å². The van der Waals surface area contributed by atoms with Crippen LogP contribution in [0.25, 0.3) is 0 Å². The Bertz CT molecular complexity index is 814. The molecule has 0 bridgehead atoms. The third kappa shape index (κ3) is 6.80. The summed E-state index contributed by atoms with van der Waals surface area (Å²) in [6, 6.07) is 12.8. The molecular formula is C21H25BrN2O3S. The van der Waals surface area contributed by atoms with Gasteiger partial charge < -0.3 is 14.8 Å². The quantitative estimate of drug-likeness (QED) is 0.376. The zero-order valence-corrected chi connectivity index (χ0v) is 18.5. The van der Waals surface area contributed by atoms with E-state index < -0.39 is 0 Å². The minimum Gasteiger partial charge on any atom is -0.493 e. The molecule has 0 saturated heterocycles. The van der Waals surface area contributed by atoms with Crippen molar-refractivity contribution in [2.75, 3.05) is 18.5 Å². The lowest BCUT2D eigenvalue weighted by Crippen LogP contribution is -2.34. The number of para-hydroxylation sites is 2. The molecule has 150 valence electrons. The van der Waals surface area contributed by atoms with Gasteiger partial charge in [0, 0.05) is 4.47 Å². The Hall–Kier alpha value is -2.12. The summed E-state index contributed by atoms with van der Waals surface area (Å²) in [4.78, 5) is 12.7. The summed E-state index contributed by atoms with van der Waals surface area (Å²) in [6.45, 7) is 5.29. The lowest BCUT2D eigenvalue weighted by Gasteiger charge is -2.15. The number of rotatable bonds is 9. The summed E-state index contributed by atoms with van der Waals surface area (Å²) in [5.41, 5.74) is 1.13. The summed E-state index contributed by atoms with van der Waals surface area (Å²) < 4.78 is 12.2. The second-order valence-electron chi connectivity index (χ2n) is 6.10. The van der Waals surface area contributed by atoms with Crippen molar-refractivity contribution in [2.24, 2.45) is 0 Å². The van der Waals surface area contributed by atoms with Gasteiger partial charge in [0.2, 0.25) is 0 Å². The van der Waals surface area contributed by atoms with Gasteiger partial charge in [0.15, 0.2) is 5.11 Å². The maximum absolute atomic E-state index is 12.7. The predicted octanol–water partition coefficient (Wildman–Crippen LogP) is 5.54. The Kier molecular flexibility index (Phi) is 9.23. The van der Waals surface area contributed by atoms with Crippen molar-refractivity contribution in [1.29, 1.82) is 0 Å². The van der Waals surface area contributed by atoms with Crippen LogP contribution >= 0.6 is 28.1 Å². The Morgan fingerprint density at radius 2 is 1.79 bits per heavy atom. The van der Waals surface area contributed by atoms with E-state index in [2.05, 4.69) is 33.5 Å². The summed E-state index contributed by atoms with van der Waals surface area (Å²) in [7, 11) is 0. The van der Waals surface area contributed by atoms with E-state index in [-0.39, 0.29) is 11.0 Å². The van der Waals surface area contributed by atoms with E-state index in [9.17, 15) is 4.79 Å². The first-order valence-electron chi connectivity index (χ1n) is 9.31. The standard InChI is InChI=1S/C21H25BrN2O3S/c1-3-5-13-27-19-9-7-6-8-17(19)23-21(28)24-20(25)16-14-15(22)10-11-18(16)26-12-4-2/h6-11,14H,3-5,12-13H2,1-2H3,(H2,23,24,25,28). The molecule has 0 heterocycles. The number of hydrogen-bond donors (Lipinski definition) is 2. The number of nitrogens with one attached hydrogen (secondary N) is 2. The smallest absolute Gasteiger partial charge is 0.261 e. The SMILES string of the molecule is CCCCOc1ccccc1NC(=S)NC(=O)c1cc(Br)ccc1OCCC. The molecule has 0 unspecified atom stereocenters. The van der Waals surface area contributed by atoms with Crippen LogP contribution in [0, 0.1) is 0 Å². The number of anilines is 1. The highest BCUT2D eigenvalue weighted by Crippen LogP contribution is 2.25. The highest BCUT2D eigenvalue weighted by Gasteiger charge is 2.15. The lowest BCUT2D eigenvalue weighted by atomic mass is 10.2. The molecule has 0 aliphatic carbocycles. The number of carbonyl (C=O) groups is 1. The molecule has 0 aromatic heterocycles. The van der Waals surface area contributed by atoms with Crippen LogP contribution in [-0.2, 0) is 0 Å². The second kappa shape index (κ2) is 11.7. The Morgan fingerprint density at radius 3 is 2.54 bits per heavy atom. The summed E-state index contributed by atoms with van der Waals surface area (Å²) in [5.74, 6) is 0.880. The second-order valence-corrected chi connectivity index (χ2v) is 7.42. The van der Waals surface area contributed by atoms with Gasteiger partial charge in [-0.25, -0.2) is 0 Å². The van der Waals surface area contributed by atoms with Gasteiger partial charge >= 0.3 is 0 Å². The molecule has 5 nitrogen and oxygen atoms in total. The number of halogens is 1. The van der Waals surface area contributed by atoms with Gasteiger partial charge in [0.25, 0.3) is 5.91 Å². The zero-order valence-electron chi connectivity index (χ0n) is 16.1. The van der Waals surface area contributed by atoms with Gasteiger partial charge in [-0.1, -0.05) is 48.3 Å². The Labute approximate surface area is 179 Å². The normalized spacial score (nSPS) is 10.2. The van der Waals surface area contributed by atoms with Crippen LogP contribution in [-0.4, -0.2) is 24.2 Å². The molecule has 0 radical (unpaired) electrons. The van der Waals surface area contributed by atoms with Gasteiger partial charge in [-0.3, -0.25) is 10.1 Å². The minimum absolute atomic E-state index is 0.193. The van der Waals surface area contributed by atoms with Crippen molar-refractivity contribution in [3.8, 4) is 11.5 Å². The van der Waals surface area contributed by atoms with Gasteiger partial charge in [-0.05, 0) is 55.4 Å². The van der Waals surface area contributed by atoms with Gasteiger partial charge in [0.05, 0.1) is 24.5 Å². The molecule has 0 fully saturated rings. The average molecular weight is 465 g/mol. The third-order valence-corrected chi connectivity index (χ3v) is 4.46. The van der Waals surface area contributed by atoms with Gasteiger partial charge in [0.1, 0.15) is 11.5 Å². The lowest BCUT2D eigenvalue weighted by molar-refractivity contribution is 0.0973. The minimum atomic E-state index is -0.339. The highest BCUT2D eigenvalue weighted by atomic mass is 79.9. The maximum Gasteiger partial charge on any atom is 0.261 e. The van der Waals surface area contributed by atoms with Gasteiger partial charge in [-0.15, -0.1) is 0 Å². The van der Waals surface area contributed by atoms with Crippen LogP contribution in [0.5, 0.6) is 11.5 Å².